The summed E-state index contributed by atoms with van der Waals surface area (Å²) in [5.74, 6) is 1.45. The van der Waals surface area contributed by atoms with Gasteiger partial charge in [0.2, 0.25) is 6.79 Å². The molecule has 0 N–H and O–H groups in total. The Labute approximate surface area is 112 Å². The molecule has 1 aromatic rings. The number of nitrogens with zero attached hydrogens (tertiary/aromatic N) is 2. The van der Waals surface area contributed by atoms with E-state index in [9.17, 15) is 4.79 Å². The number of carbonyl (C=O) groups is 1. The van der Waals surface area contributed by atoms with Crippen LogP contribution in [0.3, 0.4) is 0 Å². The molecule has 0 aliphatic carbocycles. The standard InChI is InChI=1S/C14H18N2O3/c1-15(2)11-5-6-16(8-11)14(17)10-3-4-12-13(7-10)19-9-18-12/h3-4,7,11H,5-6,8-9H2,1-2H3. The molecule has 5 nitrogen and oxygen atoms in total. The molecule has 5 heteroatoms. The summed E-state index contributed by atoms with van der Waals surface area (Å²) in [7, 11) is 4.11. The second-order valence-corrected chi connectivity index (χ2v) is 5.23. The summed E-state index contributed by atoms with van der Waals surface area (Å²) in [5, 5.41) is 0. The summed E-state index contributed by atoms with van der Waals surface area (Å²) in [4.78, 5) is 16.5. The van der Waals surface area contributed by atoms with Crippen LogP contribution in [-0.2, 0) is 0 Å². The van der Waals surface area contributed by atoms with Crippen LogP contribution in [0.25, 0.3) is 0 Å². The third-order valence-electron chi connectivity index (χ3n) is 3.80. The number of hydrogen-bond donors (Lipinski definition) is 0. The van der Waals surface area contributed by atoms with Gasteiger partial charge in [0.1, 0.15) is 0 Å². The molecule has 1 aromatic carbocycles. The molecule has 1 amide bonds. The average Bonchev–Trinajstić information content (AvgIpc) is 3.06. The van der Waals surface area contributed by atoms with E-state index in [2.05, 4.69) is 19.0 Å². The Hall–Kier alpha value is -1.75. The summed E-state index contributed by atoms with van der Waals surface area (Å²) in [6.07, 6.45) is 1.03. The van der Waals surface area contributed by atoms with Crippen LogP contribution in [0.2, 0.25) is 0 Å². The van der Waals surface area contributed by atoms with E-state index < -0.39 is 0 Å². The minimum Gasteiger partial charge on any atom is -0.454 e. The van der Waals surface area contributed by atoms with Crippen molar-refractivity contribution < 1.29 is 14.3 Å². The van der Waals surface area contributed by atoms with E-state index in [1.54, 1.807) is 18.2 Å². The second-order valence-electron chi connectivity index (χ2n) is 5.23. The van der Waals surface area contributed by atoms with Gasteiger partial charge in [-0.1, -0.05) is 0 Å². The maximum atomic E-state index is 12.4. The molecule has 1 unspecified atom stereocenters. The molecular weight excluding hydrogens is 244 g/mol. The quantitative estimate of drug-likeness (QED) is 0.803. The van der Waals surface area contributed by atoms with Crippen molar-refractivity contribution >= 4 is 5.91 Å². The Balaban J connectivity index is 1.74. The van der Waals surface area contributed by atoms with E-state index in [0.29, 0.717) is 23.1 Å². The van der Waals surface area contributed by atoms with Crippen LogP contribution in [0.5, 0.6) is 11.5 Å². The van der Waals surface area contributed by atoms with Gasteiger partial charge < -0.3 is 19.3 Å². The zero-order valence-electron chi connectivity index (χ0n) is 11.3. The number of ether oxygens (including phenoxy) is 2. The van der Waals surface area contributed by atoms with Gasteiger partial charge in [0.25, 0.3) is 5.91 Å². The Bertz CT molecular complexity index is 501. The summed E-state index contributed by atoms with van der Waals surface area (Å²) < 4.78 is 10.6. The molecule has 19 heavy (non-hydrogen) atoms. The lowest BCUT2D eigenvalue weighted by atomic mass is 10.2. The van der Waals surface area contributed by atoms with Crippen molar-refractivity contribution in [2.45, 2.75) is 12.5 Å². The van der Waals surface area contributed by atoms with Crippen LogP contribution in [0.1, 0.15) is 16.8 Å². The minimum absolute atomic E-state index is 0.0719. The number of amides is 1. The predicted octanol–water partition coefficient (Wildman–Crippen LogP) is 1.19. The normalized spacial score (nSPS) is 21.2. The summed E-state index contributed by atoms with van der Waals surface area (Å²) in [5.41, 5.74) is 0.670. The molecule has 1 saturated heterocycles. The molecule has 3 rings (SSSR count). The lowest BCUT2D eigenvalue weighted by molar-refractivity contribution is 0.0782. The molecule has 0 spiro atoms. The van der Waals surface area contributed by atoms with Gasteiger partial charge in [-0.25, -0.2) is 0 Å². The zero-order valence-corrected chi connectivity index (χ0v) is 11.3. The van der Waals surface area contributed by atoms with Gasteiger partial charge in [-0.2, -0.15) is 0 Å². The molecular formula is C14H18N2O3. The van der Waals surface area contributed by atoms with Crippen molar-refractivity contribution in [3.05, 3.63) is 23.8 Å². The maximum absolute atomic E-state index is 12.4. The molecule has 1 fully saturated rings. The van der Waals surface area contributed by atoms with Crippen molar-refractivity contribution in [3.63, 3.8) is 0 Å². The lowest BCUT2D eigenvalue weighted by Crippen LogP contribution is -2.34. The fraction of sp³-hybridized carbons (Fsp3) is 0.500. The van der Waals surface area contributed by atoms with Crippen LogP contribution >= 0.6 is 0 Å². The van der Waals surface area contributed by atoms with E-state index in [1.165, 1.54) is 0 Å². The summed E-state index contributed by atoms with van der Waals surface area (Å²) >= 11 is 0. The molecule has 0 saturated carbocycles. The van der Waals surface area contributed by atoms with Gasteiger partial charge in [0.15, 0.2) is 11.5 Å². The molecule has 2 heterocycles. The lowest BCUT2D eigenvalue weighted by Gasteiger charge is -2.20. The van der Waals surface area contributed by atoms with Gasteiger partial charge in [-0.3, -0.25) is 4.79 Å². The molecule has 0 radical (unpaired) electrons. The topological polar surface area (TPSA) is 42.0 Å². The highest BCUT2D eigenvalue weighted by Crippen LogP contribution is 2.33. The van der Waals surface area contributed by atoms with Gasteiger partial charge in [0.05, 0.1) is 0 Å². The molecule has 102 valence electrons. The third-order valence-corrected chi connectivity index (χ3v) is 3.80. The maximum Gasteiger partial charge on any atom is 0.254 e. The van der Waals surface area contributed by atoms with Crippen LogP contribution in [-0.4, -0.2) is 55.7 Å². The van der Waals surface area contributed by atoms with E-state index in [-0.39, 0.29) is 12.7 Å². The fourth-order valence-corrected chi connectivity index (χ4v) is 2.56. The Morgan fingerprint density at radius 1 is 1.32 bits per heavy atom. The number of benzene rings is 1. The van der Waals surface area contributed by atoms with Crippen LogP contribution < -0.4 is 9.47 Å². The number of likely N-dealkylation sites (N-methyl/N-ethyl adjacent to an activating group) is 1. The van der Waals surface area contributed by atoms with Crippen molar-refractivity contribution in [3.8, 4) is 11.5 Å². The second kappa shape index (κ2) is 4.74. The van der Waals surface area contributed by atoms with Crippen molar-refractivity contribution in [2.75, 3.05) is 34.0 Å². The number of likely N-dealkylation sites (tertiary alicyclic amines) is 1. The highest BCUT2D eigenvalue weighted by atomic mass is 16.7. The van der Waals surface area contributed by atoms with E-state index >= 15 is 0 Å². The first-order chi connectivity index (χ1) is 9.15. The number of rotatable bonds is 2. The van der Waals surface area contributed by atoms with Crippen LogP contribution in [0.15, 0.2) is 18.2 Å². The monoisotopic (exact) mass is 262 g/mol. The van der Waals surface area contributed by atoms with Gasteiger partial charge >= 0.3 is 0 Å². The van der Waals surface area contributed by atoms with Crippen LogP contribution in [0, 0.1) is 0 Å². The Morgan fingerprint density at radius 3 is 2.84 bits per heavy atom. The van der Waals surface area contributed by atoms with Crippen molar-refractivity contribution in [1.29, 1.82) is 0 Å². The molecule has 0 aromatic heterocycles. The molecule has 2 aliphatic rings. The van der Waals surface area contributed by atoms with Crippen molar-refractivity contribution in [1.82, 2.24) is 9.80 Å². The van der Waals surface area contributed by atoms with Crippen LogP contribution in [0.4, 0.5) is 0 Å². The van der Waals surface area contributed by atoms with Crippen molar-refractivity contribution in [2.24, 2.45) is 0 Å². The third kappa shape index (κ3) is 2.26. The Morgan fingerprint density at radius 2 is 2.11 bits per heavy atom. The van der Waals surface area contributed by atoms with Gasteiger partial charge in [-0.15, -0.1) is 0 Å². The van der Waals surface area contributed by atoms with Gasteiger partial charge in [-0.05, 0) is 38.7 Å². The SMILES string of the molecule is CN(C)C1CCN(C(=O)c2ccc3c(c2)OCO3)C1. The van der Waals surface area contributed by atoms with Gasteiger partial charge in [0, 0.05) is 24.7 Å². The summed E-state index contributed by atoms with van der Waals surface area (Å²) in [6, 6.07) is 5.83. The molecule has 0 bridgehead atoms. The minimum atomic E-state index is 0.0719. The first-order valence-electron chi connectivity index (χ1n) is 6.50. The molecule has 2 aliphatic heterocycles. The molecule has 1 atom stereocenters. The highest BCUT2D eigenvalue weighted by molar-refractivity contribution is 5.95. The zero-order chi connectivity index (χ0) is 13.4. The number of carbonyl (C=O) groups excluding carboxylic acids is 1. The highest BCUT2D eigenvalue weighted by Gasteiger charge is 2.28. The number of fused-ring (bicyclic) bond motifs is 1. The number of hydrogen-bond acceptors (Lipinski definition) is 4. The van der Waals surface area contributed by atoms with E-state index in [0.717, 1.165) is 19.5 Å². The fourth-order valence-electron chi connectivity index (χ4n) is 2.56. The summed E-state index contributed by atoms with van der Waals surface area (Å²) in [6.45, 7) is 1.84. The Kier molecular flexibility index (Phi) is 3.06. The first-order valence-corrected chi connectivity index (χ1v) is 6.50. The van der Waals surface area contributed by atoms with E-state index in [1.807, 2.05) is 4.90 Å². The predicted molar refractivity (Wildman–Crippen MR) is 70.6 cm³/mol. The van der Waals surface area contributed by atoms with E-state index in [4.69, 9.17) is 9.47 Å². The first kappa shape index (κ1) is 12.3. The smallest absolute Gasteiger partial charge is 0.254 e. The largest absolute Gasteiger partial charge is 0.454 e. The average molecular weight is 262 g/mol.